The standard InChI is InChI=1S/C17H17F11O4/c1-5-6(2)8-3-7(5)4-9(8)10(29)31-11-12(15(20,21)22,16(23,24)25)32-14(30,13(11,18)19)17(26,27)28/h5-9,11,30H,3-4H2,1-2H3. The van der Waals surface area contributed by atoms with Gasteiger partial charge in [0.15, 0.2) is 0 Å². The van der Waals surface area contributed by atoms with Crippen LogP contribution in [0.1, 0.15) is 26.7 Å². The fourth-order valence-corrected chi connectivity index (χ4v) is 5.18. The minimum atomic E-state index is -6.98. The van der Waals surface area contributed by atoms with E-state index in [0.717, 1.165) is 0 Å². The Morgan fingerprint density at radius 1 is 0.906 bits per heavy atom. The van der Waals surface area contributed by atoms with E-state index >= 15 is 0 Å². The second-order valence-electron chi connectivity index (χ2n) is 8.63. The van der Waals surface area contributed by atoms with Crippen LogP contribution >= 0.6 is 0 Å². The molecule has 1 saturated heterocycles. The van der Waals surface area contributed by atoms with Crippen molar-refractivity contribution in [3.63, 3.8) is 0 Å². The van der Waals surface area contributed by atoms with Crippen LogP contribution < -0.4 is 0 Å². The number of rotatable bonds is 2. The topological polar surface area (TPSA) is 55.8 Å². The number of hydrogen-bond donors (Lipinski definition) is 1. The normalized spacial score (nSPS) is 41.2. The average Bonchev–Trinajstić information content (AvgIpc) is 3.19. The van der Waals surface area contributed by atoms with E-state index in [0.29, 0.717) is 6.42 Å². The van der Waals surface area contributed by atoms with Crippen molar-refractivity contribution in [1.82, 2.24) is 0 Å². The molecule has 2 bridgehead atoms. The summed E-state index contributed by atoms with van der Waals surface area (Å²) in [5.41, 5.74) is -6.33. The minimum absolute atomic E-state index is 0.0278. The first kappa shape index (κ1) is 25.2. The predicted octanol–water partition coefficient (Wildman–Crippen LogP) is 4.61. The molecule has 1 heterocycles. The second kappa shape index (κ2) is 6.83. The predicted molar refractivity (Wildman–Crippen MR) is 79.8 cm³/mol. The maximum absolute atomic E-state index is 14.5. The summed E-state index contributed by atoms with van der Waals surface area (Å²) in [6.07, 6.45) is -25.4. The van der Waals surface area contributed by atoms with Gasteiger partial charge in [-0.15, -0.1) is 0 Å². The quantitative estimate of drug-likeness (QED) is 0.451. The van der Waals surface area contributed by atoms with Gasteiger partial charge in [0.25, 0.3) is 0 Å². The number of esters is 1. The Bertz CT molecular complexity index is 758. The molecule has 0 radical (unpaired) electrons. The Morgan fingerprint density at radius 2 is 1.41 bits per heavy atom. The number of ether oxygens (including phenoxy) is 2. The summed E-state index contributed by atoms with van der Waals surface area (Å²) in [6.45, 7) is 3.43. The van der Waals surface area contributed by atoms with E-state index < -0.39 is 59.7 Å². The van der Waals surface area contributed by atoms with Gasteiger partial charge in [0.1, 0.15) is 0 Å². The molecule has 0 aromatic heterocycles. The van der Waals surface area contributed by atoms with Gasteiger partial charge < -0.3 is 14.6 Å². The molecule has 3 rings (SSSR count). The molecule has 7 unspecified atom stereocenters. The number of halogens is 11. The van der Waals surface area contributed by atoms with Crippen molar-refractivity contribution >= 4 is 5.97 Å². The van der Waals surface area contributed by atoms with Crippen molar-refractivity contribution in [2.24, 2.45) is 29.6 Å². The third-order valence-corrected chi connectivity index (χ3v) is 7.12. The van der Waals surface area contributed by atoms with Gasteiger partial charge in [0.2, 0.25) is 6.10 Å². The van der Waals surface area contributed by atoms with Gasteiger partial charge in [-0.05, 0) is 36.5 Å². The molecule has 2 saturated carbocycles. The van der Waals surface area contributed by atoms with Gasteiger partial charge in [-0.2, -0.15) is 48.3 Å². The van der Waals surface area contributed by atoms with E-state index in [9.17, 15) is 58.2 Å². The zero-order valence-electron chi connectivity index (χ0n) is 16.2. The highest BCUT2D eigenvalue weighted by molar-refractivity contribution is 5.74. The van der Waals surface area contributed by atoms with Gasteiger partial charge in [0.05, 0.1) is 5.92 Å². The van der Waals surface area contributed by atoms with Crippen molar-refractivity contribution in [2.45, 2.75) is 68.6 Å². The molecule has 15 heteroatoms. The van der Waals surface area contributed by atoms with Gasteiger partial charge in [-0.25, -0.2) is 0 Å². The highest BCUT2D eigenvalue weighted by atomic mass is 19.4. The van der Waals surface area contributed by atoms with Crippen LogP contribution in [-0.2, 0) is 14.3 Å². The summed E-state index contributed by atoms with van der Waals surface area (Å²) in [6, 6.07) is 0. The highest BCUT2D eigenvalue weighted by Gasteiger charge is 2.95. The monoisotopic (exact) mass is 494 g/mol. The van der Waals surface area contributed by atoms with E-state index in [4.69, 9.17) is 0 Å². The molecular weight excluding hydrogens is 477 g/mol. The summed E-state index contributed by atoms with van der Waals surface area (Å²) < 4.78 is 156. The van der Waals surface area contributed by atoms with Gasteiger partial charge in [-0.1, -0.05) is 13.8 Å². The molecule has 4 nitrogen and oxygen atoms in total. The van der Waals surface area contributed by atoms with Crippen molar-refractivity contribution in [3.05, 3.63) is 0 Å². The first-order valence-electron chi connectivity index (χ1n) is 9.34. The van der Waals surface area contributed by atoms with Crippen LogP contribution in [0.4, 0.5) is 48.3 Å². The molecule has 2 aliphatic carbocycles. The third kappa shape index (κ3) is 3.05. The Morgan fingerprint density at radius 3 is 1.78 bits per heavy atom. The third-order valence-electron chi connectivity index (χ3n) is 7.12. The fraction of sp³-hybridized carbons (Fsp3) is 0.941. The molecule has 0 aromatic carbocycles. The molecule has 0 spiro atoms. The van der Waals surface area contributed by atoms with Crippen LogP contribution in [0.5, 0.6) is 0 Å². The fourth-order valence-electron chi connectivity index (χ4n) is 5.18. The van der Waals surface area contributed by atoms with Crippen LogP contribution in [0.3, 0.4) is 0 Å². The lowest BCUT2D eigenvalue weighted by atomic mass is 9.75. The van der Waals surface area contributed by atoms with E-state index in [1.54, 1.807) is 13.8 Å². The minimum Gasteiger partial charge on any atom is -0.452 e. The lowest BCUT2D eigenvalue weighted by Gasteiger charge is -2.38. The zero-order chi connectivity index (χ0) is 24.9. The summed E-state index contributed by atoms with van der Waals surface area (Å²) in [7, 11) is 0. The summed E-state index contributed by atoms with van der Waals surface area (Å²) in [5.74, 6) is -16.9. The van der Waals surface area contributed by atoms with Crippen molar-refractivity contribution in [1.29, 1.82) is 0 Å². The number of alkyl halides is 11. The van der Waals surface area contributed by atoms with E-state index in [2.05, 4.69) is 9.47 Å². The number of hydrogen-bond acceptors (Lipinski definition) is 4. The van der Waals surface area contributed by atoms with E-state index in [1.807, 2.05) is 0 Å². The second-order valence-corrected chi connectivity index (χ2v) is 8.63. The number of carbonyl (C=O) groups excluding carboxylic acids is 1. The highest BCUT2D eigenvalue weighted by Crippen LogP contribution is 2.65. The smallest absolute Gasteiger partial charge is 0.449 e. The largest absolute Gasteiger partial charge is 0.452 e. The SMILES string of the molecule is CC1C2CC(C(=O)OC3C(F)(F)C(O)(C(F)(F)F)OC3(C(F)(F)F)C(F)(F)F)C(C2)C1C. The maximum atomic E-state index is 14.5. The van der Waals surface area contributed by atoms with Gasteiger partial charge in [-0.3, -0.25) is 4.79 Å². The molecule has 3 fully saturated rings. The molecule has 32 heavy (non-hydrogen) atoms. The Balaban J connectivity index is 2.08. The number of aliphatic hydroxyl groups is 1. The van der Waals surface area contributed by atoms with Crippen molar-refractivity contribution in [3.8, 4) is 0 Å². The Kier molecular flexibility index (Phi) is 5.39. The number of carbonyl (C=O) groups is 1. The molecule has 7 atom stereocenters. The summed E-state index contributed by atoms with van der Waals surface area (Å²) >= 11 is 0. The molecule has 1 N–H and O–H groups in total. The van der Waals surface area contributed by atoms with Crippen molar-refractivity contribution in [2.75, 3.05) is 0 Å². The average molecular weight is 494 g/mol. The van der Waals surface area contributed by atoms with Crippen LogP contribution in [0.15, 0.2) is 0 Å². The first-order chi connectivity index (χ1) is 14.1. The van der Waals surface area contributed by atoms with Gasteiger partial charge in [0, 0.05) is 0 Å². The number of fused-ring (bicyclic) bond motifs is 2. The molecular formula is C17H17F11O4. The zero-order valence-corrected chi connectivity index (χ0v) is 16.2. The Hall–Kier alpha value is -1.38. The van der Waals surface area contributed by atoms with E-state index in [1.165, 1.54) is 0 Å². The van der Waals surface area contributed by atoms with Gasteiger partial charge >= 0.3 is 41.8 Å². The van der Waals surface area contributed by atoms with Crippen LogP contribution in [0.25, 0.3) is 0 Å². The van der Waals surface area contributed by atoms with E-state index in [-0.39, 0.29) is 24.2 Å². The molecule has 1 aliphatic heterocycles. The van der Waals surface area contributed by atoms with Crippen LogP contribution in [0.2, 0.25) is 0 Å². The lowest BCUT2D eigenvalue weighted by Crippen LogP contribution is -2.66. The lowest BCUT2D eigenvalue weighted by molar-refractivity contribution is -0.457. The molecule has 0 amide bonds. The summed E-state index contributed by atoms with van der Waals surface area (Å²) in [5, 5.41) is 9.26. The summed E-state index contributed by atoms with van der Waals surface area (Å²) in [4.78, 5) is 12.4. The van der Waals surface area contributed by atoms with Crippen molar-refractivity contribution < 1.29 is 67.7 Å². The maximum Gasteiger partial charge on any atom is 0.449 e. The molecule has 0 aromatic rings. The molecule has 3 aliphatic rings. The molecule has 186 valence electrons. The Labute approximate surface area is 173 Å². The first-order valence-corrected chi connectivity index (χ1v) is 9.34. The van der Waals surface area contributed by atoms with Crippen LogP contribution in [-0.4, -0.2) is 53.0 Å². The van der Waals surface area contributed by atoms with Crippen LogP contribution in [0, 0.1) is 29.6 Å².